The summed E-state index contributed by atoms with van der Waals surface area (Å²) in [6, 6.07) is -0.733. The van der Waals surface area contributed by atoms with Gasteiger partial charge in [0.1, 0.15) is 13.1 Å². The molecule has 0 radical (unpaired) electrons. The molecule has 2 amide bonds. The van der Waals surface area contributed by atoms with E-state index in [9.17, 15) is 14.4 Å². The number of carboxylic acid groups (broad SMARTS) is 2. The Hall–Kier alpha value is -1.83. The van der Waals surface area contributed by atoms with Crippen molar-refractivity contribution in [1.29, 1.82) is 0 Å². The van der Waals surface area contributed by atoms with Gasteiger partial charge in [0.05, 0.1) is 6.61 Å². The highest BCUT2D eigenvalue weighted by Crippen LogP contribution is 1.91. The summed E-state index contributed by atoms with van der Waals surface area (Å²) in [5.74, 6) is -2.54. The second-order valence-electron chi connectivity index (χ2n) is 3.84. The van der Waals surface area contributed by atoms with E-state index in [4.69, 9.17) is 14.9 Å². The highest BCUT2D eigenvalue weighted by atomic mass is 16.5. The van der Waals surface area contributed by atoms with Crippen LogP contribution in [0, 0.1) is 0 Å². The van der Waals surface area contributed by atoms with E-state index >= 15 is 0 Å². The molecule has 0 rings (SSSR count). The van der Waals surface area contributed by atoms with Crippen LogP contribution >= 0.6 is 0 Å². The minimum absolute atomic E-state index is 0.207. The van der Waals surface area contributed by atoms with Crippen LogP contribution in [0.3, 0.4) is 0 Å². The van der Waals surface area contributed by atoms with Gasteiger partial charge in [-0.1, -0.05) is 13.3 Å². The van der Waals surface area contributed by atoms with Crippen molar-refractivity contribution in [2.45, 2.75) is 19.8 Å². The first-order chi connectivity index (χ1) is 8.97. The number of hydrogen-bond donors (Lipinski definition) is 3. The number of rotatable bonds is 10. The topological polar surface area (TPSA) is 116 Å². The Labute approximate surface area is 111 Å². The van der Waals surface area contributed by atoms with Crippen LogP contribution in [0.15, 0.2) is 0 Å². The Morgan fingerprint density at radius 1 is 1.11 bits per heavy atom. The van der Waals surface area contributed by atoms with Crippen LogP contribution in [-0.4, -0.2) is 65.9 Å². The van der Waals surface area contributed by atoms with Gasteiger partial charge in [-0.05, 0) is 6.42 Å². The Morgan fingerprint density at radius 2 is 1.68 bits per heavy atom. The van der Waals surface area contributed by atoms with E-state index < -0.39 is 31.1 Å². The van der Waals surface area contributed by atoms with Gasteiger partial charge in [-0.2, -0.15) is 0 Å². The molecule has 8 nitrogen and oxygen atoms in total. The molecule has 0 atom stereocenters. The van der Waals surface area contributed by atoms with Crippen LogP contribution in [0.2, 0.25) is 0 Å². The van der Waals surface area contributed by atoms with Gasteiger partial charge in [0.25, 0.3) is 0 Å². The molecule has 0 saturated carbocycles. The van der Waals surface area contributed by atoms with Crippen molar-refractivity contribution in [3.05, 3.63) is 0 Å². The lowest BCUT2D eigenvalue weighted by atomic mass is 10.4. The van der Waals surface area contributed by atoms with Crippen LogP contribution in [0.5, 0.6) is 0 Å². The summed E-state index contributed by atoms with van der Waals surface area (Å²) in [5, 5.41) is 19.6. The largest absolute Gasteiger partial charge is 0.480 e. The van der Waals surface area contributed by atoms with E-state index in [-0.39, 0.29) is 6.54 Å². The molecular weight excluding hydrogens is 256 g/mol. The fourth-order valence-electron chi connectivity index (χ4n) is 1.22. The predicted molar refractivity (Wildman–Crippen MR) is 66.0 cm³/mol. The number of carbonyl (C=O) groups excluding carboxylic acids is 1. The normalized spacial score (nSPS) is 9.95. The van der Waals surface area contributed by atoms with Gasteiger partial charge in [0.15, 0.2) is 0 Å². The van der Waals surface area contributed by atoms with Crippen LogP contribution in [0.1, 0.15) is 19.8 Å². The lowest BCUT2D eigenvalue weighted by Crippen LogP contribution is -2.46. The first-order valence-corrected chi connectivity index (χ1v) is 6.01. The maximum Gasteiger partial charge on any atom is 0.323 e. The molecule has 110 valence electrons. The molecule has 19 heavy (non-hydrogen) atoms. The molecule has 0 aromatic carbocycles. The predicted octanol–water partition coefficient (Wildman–Crippen LogP) is -0.0161. The number of urea groups is 1. The minimum atomic E-state index is -1.27. The van der Waals surface area contributed by atoms with Crippen molar-refractivity contribution in [3.8, 4) is 0 Å². The first kappa shape index (κ1) is 17.2. The number of ether oxygens (including phenoxy) is 1. The first-order valence-electron chi connectivity index (χ1n) is 6.01. The Kier molecular flexibility index (Phi) is 9.15. The fourth-order valence-corrected chi connectivity index (χ4v) is 1.22. The number of amides is 2. The molecule has 0 heterocycles. The number of nitrogens with zero attached hydrogens (tertiary/aromatic N) is 1. The molecule has 0 spiro atoms. The summed E-state index contributed by atoms with van der Waals surface area (Å²) in [5.41, 5.74) is 0. The molecule has 0 aromatic heterocycles. The van der Waals surface area contributed by atoms with Gasteiger partial charge >= 0.3 is 18.0 Å². The molecule has 0 aliphatic carbocycles. The van der Waals surface area contributed by atoms with E-state index in [0.717, 1.165) is 12.8 Å². The van der Waals surface area contributed by atoms with Crippen molar-refractivity contribution in [2.75, 3.05) is 32.8 Å². The fraction of sp³-hybridized carbons (Fsp3) is 0.727. The molecule has 3 N–H and O–H groups in total. The van der Waals surface area contributed by atoms with Crippen molar-refractivity contribution >= 4 is 18.0 Å². The van der Waals surface area contributed by atoms with E-state index in [0.29, 0.717) is 18.1 Å². The molecule has 0 unspecified atom stereocenters. The molecule has 0 saturated heterocycles. The van der Waals surface area contributed by atoms with Crippen LogP contribution in [-0.2, 0) is 14.3 Å². The van der Waals surface area contributed by atoms with Gasteiger partial charge in [-0.25, -0.2) is 4.79 Å². The van der Waals surface area contributed by atoms with Crippen molar-refractivity contribution in [1.82, 2.24) is 10.2 Å². The second-order valence-corrected chi connectivity index (χ2v) is 3.84. The van der Waals surface area contributed by atoms with E-state index in [1.807, 2.05) is 6.92 Å². The number of hydrogen-bond acceptors (Lipinski definition) is 4. The van der Waals surface area contributed by atoms with E-state index in [2.05, 4.69) is 5.32 Å². The number of carbonyl (C=O) groups is 3. The lowest BCUT2D eigenvalue weighted by molar-refractivity contribution is -0.140. The summed E-state index contributed by atoms with van der Waals surface area (Å²) in [7, 11) is 0. The van der Waals surface area contributed by atoms with Crippen molar-refractivity contribution in [2.24, 2.45) is 0 Å². The minimum Gasteiger partial charge on any atom is -0.480 e. The maximum absolute atomic E-state index is 11.5. The van der Waals surface area contributed by atoms with Crippen molar-refractivity contribution in [3.63, 3.8) is 0 Å². The molecule has 8 heteroatoms. The monoisotopic (exact) mass is 276 g/mol. The molecular formula is C11H20N2O6. The number of carboxylic acids is 2. The molecule has 0 aromatic rings. The van der Waals surface area contributed by atoms with Gasteiger partial charge in [0.2, 0.25) is 0 Å². The Balaban J connectivity index is 3.96. The molecule has 0 aliphatic heterocycles. The standard InChI is InChI=1S/C11H20N2O6/c1-2-3-5-19-6-4-12-11(18)13(7-9(14)15)8-10(16)17/h2-8H2,1H3,(H,12,18)(H,14,15)(H,16,17). The summed E-state index contributed by atoms with van der Waals surface area (Å²) in [6.45, 7) is 1.82. The highest BCUT2D eigenvalue weighted by Gasteiger charge is 2.18. The average molecular weight is 276 g/mol. The number of nitrogens with one attached hydrogen (secondary N) is 1. The summed E-state index contributed by atoms with van der Waals surface area (Å²) < 4.78 is 5.20. The number of unbranched alkanes of at least 4 members (excludes halogenated alkanes) is 1. The zero-order valence-corrected chi connectivity index (χ0v) is 10.9. The zero-order chi connectivity index (χ0) is 14.7. The van der Waals surface area contributed by atoms with Gasteiger partial charge in [-0.15, -0.1) is 0 Å². The van der Waals surface area contributed by atoms with Crippen LogP contribution < -0.4 is 5.32 Å². The van der Waals surface area contributed by atoms with Gasteiger partial charge < -0.3 is 25.2 Å². The third-order valence-electron chi connectivity index (χ3n) is 2.10. The lowest BCUT2D eigenvalue weighted by Gasteiger charge is -2.18. The average Bonchev–Trinajstić information content (AvgIpc) is 2.31. The van der Waals surface area contributed by atoms with E-state index in [1.165, 1.54) is 0 Å². The molecule has 0 fully saturated rings. The third-order valence-corrected chi connectivity index (χ3v) is 2.10. The third kappa shape index (κ3) is 9.83. The summed E-state index contributed by atoms with van der Waals surface area (Å²) in [4.78, 5) is 33.2. The smallest absolute Gasteiger partial charge is 0.323 e. The SMILES string of the molecule is CCCCOCCNC(=O)N(CC(=O)O)CC(=O)O. The van der Waals surface area contributed by atoms with Gasteiger partial charge in [-0.3, -0.25) is 9.59 Å². The van der Waals surface area contributed by atoms with Gasteiger partial charge in [0, 0.05) is 13.2 Å². The van der Waals surface area contributed by atoms with Crippen LogP contribution in [0.25, 0.3) is 0 Å². The van der Waals surface area contributed by atoms with Crippen LogP contribution in [0.4, 0.5) is 4.79 Å². The van der Waals surface area contributed by atoms with E-state index in [1.54, 1.807) is 0 Å². The Morgan fingerprint density at radius 3 is 2.16 bits per heavy atom. The Bertz CT molecular complexity index is 292. The summed E-state index contributed by atoms with van der Waals surface area (Å²) >= 11 is 0. The number of aliphatic carboxylic acids is 2. The quantitative estimate of drug-likeness (QED) is 0.483. The van der Waals surface area contributed by atoms with Crippen molar-refractivity contribution < 1.29 is 29.3 Å². The maximum atomic E-state index is 11.5. The highest BCUT2D eigenvalue weighted by molar-refractivity contribution is 5.84. The second kappa shape index (κ2) is 10.1. The molecule has 0 bridgehead atoms. The zero-order valence-electron chi connectivity index (χ0n) is 10.9. The molecule has 0 aliphatic rings. The summed E-state index contributed by atoms with van der Waals surface area (Å²) in [6.07, 6.45) is 1.94.